The second-order valence-electron chi connectivity index (χ2n) is 6.51. The summed E-state index contributed by atoms with van der Waals surface area (Å²) in [5, 5.41) is 0.266. The molecule has 0 aliphatic carbocycles. The zero-order chi connectivity index (χ0) is 20.5. The first kappa shape index (κ1) is 20.2. The highest BCUT2D eigenvalue weighted by Gasteiger charge is 2.54. The highest BCUT2D eigenvalue weighted by Crippen LogP contribution is 2.43. The van der Waals surface area contributed by atoms with Crippen molar-refractivity contribution in [3.63, 3.8) is 0 Å². The van der Waals surface area contributed by atoms with Crippen molar-refractivity contribution >= 4 is 23.2 Å². The van der Waals surface area contributed by atoms with Gasteiger partial charge in [-0.15, -0.1) is 0 Å². The molecule has 0 saturated carbocycles. The maximum Gasteiger partial charge on any atom is 0.299 e. The highest BCUT2D eigenvalue weighted by atomic mass is 35.5. The molecule has 1 aromatic carbocycles. The molecule has 1 aromatic heterocycles. The Labute approximate surface area is 163 Å². The van der Waals surface area contributed by atoms with Crippen LogP contribution in [0.3, 0.4) is 0 Å². The zero-order valence-corrected chi connectivity index (χ0v) is 15.5. The van der Waals surface area contributed by atoms with Gasteiger partial charge in [-0.2, -0.15) is 0 Å². The van der Waals surface area contributed by atoms with Crippen LogP contribution in [0, 0.1) is 5.82 Å². The van der Waals surface area contributed by atoms with Gasteiger partial charge < -0.3 is 10.5 Å². The van der Waals surface area contributed by atoms with Crippen molar-refractivity contribution in [2.75, 3.05) is 13.2 Å². The quantitative estimate of drug-likeness (QED) is 0.780. The van der Waals surface area contributed by atoms with Crippen LogP contribution in [0.2, 0.25) is 5.02 Å². The number of nitrogens with zero attached hydrogens (tertiary/aromatic N) is 3. The largest absolute Gasteiger partial charge is 0.385 e. The van der Waals surface area contributed by atoms with Crippen LogP contribution in [-0.4, -0.2) is 40.7 Å². The Bertz CT molecular complexity index is 937. The molecule has 28 heavy (non-hydrogen) atoms. The normalized spacial score (nSPS) is 21.7. The molecule has 0 spiro atoms. The van der Waals surface area contributed by atoms with Gasteiger partial charge in [-0.05, 0) is 24.6 Å². The predicted octanol–water partition coefficient (Wildman–Crippen LogP) is 2.93. The molecule has 10 heteroatoms. The lowest BCUT2D eigenvalue weighted by Gasteiger charge is -2.33. The van der Waals surface area contributed by atoms with E-state index in [-0.39, 0.29) is 35.3 Å². The van der Waals surface area contributed by atoms with E-state index in [1.54, 1.807) is 0 Å². The fourth-order valence-electron chi connectivity index (χ4n) is 2.86. The SMILES string of the molecule is C[C@]1(c2cc(CC(=O)c3ncc(Cl)cn3)ccc2F)N=C(N)COCC1(F)F. The number of aliphatic imine (C=N–C) groups is 1. The van der Waals surface area contributed by atoms with Crippen molar-refractivity contribution in [3.8, 4) is 0 Å². The number of carbonyl (C=O) groups excluding carboxylic acids is 1. The van der Waals surface area contributed by atoms with Crippen molar-refractivity contribution in [1.82, 2.24) is 9.97 Å². The Balaban J connectivity index is 1.98. The summed E-state index contributed by atoms with van der Waals surface area (Å²) in [6.07, 6.45) is 2.32. The first-order chi connectivity index (χ1) is 13.1. The van der Waals surface area contributed by atoms with Gasteiger partial charge in [0.1, 0.15) is 24.9 Å². The molecular weight excluding hydrogens is 397 g/mol. The highest BCUT2D eigenvalue weighted by molar-refractivity contribution is 6.30. The molecule has 0 amide bonds. The minimum absolute atomic E-state index is 0.0862. The summed E-state index contributed by atoms with van der Waals surface area (Å²) < 4.78 is 48.7. The Morgan fingerprint density at radius 1 is 1.32 bits per heavy atom. The first-order valence-corrected chi connectivity index (χ1v) is 8.59. The molecule has 0 unspecified atom stereocenters. The molecule has 2 heterocycles. The maximum atomic E-state index is 14.7. The van der Waals surface area contributed by atoms with Gasteiger partial charge in [-0.1, -0.05) is 17.7 Å². The van der Waals surface area contributed by atoms with E-state index in [1.165, 1.54) is 24.5 Å². The molecule has 3 rings (SSSR count). The summed E-state index contributed by atoms with van der Waals surface area (Å²) in [6, 6.07) is 3.52. The summed E-state index contributed by atoms with van der Waals surface area (Å²) in [6.45, 7) is -0.158. The van der Waals surface area contributed by atoms with Crippen molar-refractivity contribution < 1.29 is 22.7 Å². The summed E-state index contributed by atoms with van der Waals surface area (Å²) in [5.41, 5.74) is 3.25. The second-order valence-corrected chi connectivity index (χ2v) is 6.95. The lowest BCUT2D eigenvalue weighted by atomic mass is 9.84. The van der Waals surface area contributed by atoms with Gasteiger partial charge in [0.2, 0.25) is 5.78 Å². The van der Waals surface area contributed by atoms with Crippen LogP contribution >= 0.6 is 11.6 Å². The minimum Gasteiger partial charge on any atom is -0.385 e. The molecule has 1 aliphatic heterocycles. The van der Waals surface area contributed by atoms with Crippen molar-refractivity contribution in [2.24, 2.45) is 10.7 Å². The number of aromatic nitrogens is 2. The molecule has 2 N–H and O–H groups in total. The number of ketones is 1. The van der Waals surface area contributed by atoms with E-state index in [4.69, 9.17) is 22.1 Å². The molecule has 148 valence electrons. The fourth-order valence-corrected chi connectivity index (χ4v) is 2.96. The van der Waals surface area contributed by atoms with E-state index in [0.29, 0.717) is 5.56 Å². The first-order valence-electron chi connectivity index (χ1n) is 8.22. The number of hydrogen-bond acceptors (Lipinski definition) is 6. The van der Waals surface area contributed by atoms with E-state index < -0.39 is 29.7 Å². The van der Waals surface area contributed by atoms with E-state index >= 15 is 0 Å². The van der Waals surface area contributed by atoms with Crippen molar-refractivity contribution in [1.29, 1.82) is 0 Å². The summed E-state index contributed by atoms with van der Waals surface area (Å²) >= 11 is 5.69. The van der Waals surface area contributed by atoms with Crippen LogP contribution in [0.1, 0.15) is 28.7 Å². The predicted molar refractivity (Wildman–Crippen MR) is 96.2 cm³/mol. The van der Waals surface area contributed by atoms with Crippen LogP contribution in [0.25, 0.3) is 0 Å². The molecule has 1 atom stereocenters. The number of halogens is 4. The van der Waals surface area contributed by atoms with Crippen molar-refractivity contribution in [2.45, 2.75) is 24.8 Å². The van der Waals surface area contributed by atoms with Gasteiger partial charge in [0.05, 0.1) is 5.02 Å². The third kappa shape index (κ3) is 3.85. The average molecular weight is 413 g/mol. The number of hydrogen-bond donors (Lipinski definition) is 1. The number of amidine groups is 1. The maximum absolute atomic E-state index is 14.7. The number of ether oxygens (including phenoxy) is 1. The van der Waals surface area contributed by atoms with Gasteiger partial charge in [0.15, 0.2) is 11.4 Å². The van der Waals surface area contributed by atoms with Crippen LogP contribution < -0.4 is 5.73 Å². The Morgan fingerprint density at radius 3 is 2.68 bits per heavy atom. The monoisotopic (exact) mass is 412 g/mol. The van der Waals surface area contributed by atoms with E-state index in [0.717, 1.165) is 13.0 Å². The summed E-state index contributed by atoms with van der Waals surface area (Å²) in [5.74, 6) is -5.14. The molecule has 0 fully saturated rings. The second kappa shape index (κ2) is 7.48. The number of alkyl halides is 2. The van der Waals surface area contributed by atoms with Gasteiger partial charge >= 0.3 is 0 Å². The molecule has 2 aromatic rings. The van der Waals surface area contributed by atoms with Crippen LogP contribution in [0.4, 0.5) is 13.2 Å². The van der Waals surface area contributed by atoms with Crippen LogP contribution in [-0.2, 0) is 16.7 Å². The van der Waals surface area contributed by atoms with Gasteiger partial charge in [-0.3, -0.25) is 9.79 Å². The average Bonchev–Trinajstić information content (AvgIpc) is 2.73. The van der Waals surface area contributed by atoms with E-state index in [2.05, 4.69) is 15.0 Å². The van der Waals surface area contributed by atoms with Gasteiger partial charge in [-0.25, -0.2) is 23.1 Å². The Morgan fingerprint density at radius 2 is 2.00 bits per heavy atom. The Kier molecular flexibility index (Phi) is 5.40. The van der Waals surface area contributed by atoms with E-state index in [1.807, 2.05) is 0 Å². The zero-order valence-electron chi connectivity index (χ0n) is 14.8. The van der Waals surface area contributed by atoms with Crippen molar-refractivity contribution in [3.05, 3.63) is 58.4 Å². The standard InChI is InChI=1S/C18H16ClF3N4O2/c1-17(18(21,22)9-28-8-15(23)26-17)12-4-10(2-3-13(12)20)5-14(27)16-24-6-11(19)7-25-16/h2-4,6-7H,5,8-9H2,1H3,(H2,23,26)/t17-/m1/s1. The number of nitrogens with two attached hydrogens (primary N) is 1. The topological polar surface area (TPSA) is 90.5 Å². The fraction of sp³-hybridized carbons (Fsp3) is 0.333. The van der Waals surface area contributed by atoms with Crippen LogP contribution in [0.5, 0.6) is 0 Å². The molecule has 1 aliphatic rings. The van der Waals surface area contributed by atoms with Crippen LogP contribution in [0.15, 0.2) is 35.6 Å². The van der Waals surface area contributed by atoms with E-state index in [9.17, 15) is 18.0 Å². The van der Waals surface area contributed by atoms with Gasteiger partial charge in [0.25, 0.3) is 5.92 Å². The smallest absolute Gasteiger partial charge is 0.299 e. The van der Waals surface area contributed by atoms with Gasteiger partial charge in [0, 0.05) is 24.4 Å². The Hall–Kier alpha value is -2.52. The molecule has 0 bridgehead atoms. The lowest BCUT2D eigenvalue weighted by Crippen LogP contribution is -2.45. The third-order valence-corrected chi connectivity index (χ3v) is 4.60. The number of carbonyl (C=O) groups is 1. The number of rotatable bonds is 4. The summed E-state index contributed by atoms with van der Waals surface area (Å²) in [7, 11) is 0. The lowest BCUT2D eigenvalue weighted by molar-refractivity contribution is -0.116. The summed E-state index contributed by atoms with van der Waals surface area (Å²) in [4.78, 5) is 23.8. The molecule has 6 nitrogen and oxygen atoms in total. The molecule has 0 saturated heterocycles. The number of Topliss-reactive ketones (excluding diaryl/α,β-unsaturated/α-hetero) is 1. The molecular formula is C18H16ClF3N4O2. The number of benzene rings is 1. The molecule has 0 radical (unpaired) electrons. The minimum atomic E-state index is -3.52. The third-order valence-electron chi connectivity index (χ3n) is 4.40.